The van der Waals surface area contributed by atoms with Gasteiger partial charge in [0.25, 0.3) is 0 Å². The van der Waals surface area contributed by atoms with Crippen molar-refractivity contribution in [3.63, 3.8) is 0 Å². The summed E-state index contributed by atoms with van der Waals surface area (Å²) in [5.74, 6) is 0.321. The smallest absolute Gasteiger partial charge is 0.0473 e. The third-order valence-corrected chi connectivity index (χ3v) is 12.3. The average molecular weight is 793 g/mol. The standard InChI is InChI=1S/C60H44N2/c1-4-15-42(16-5-1)45-29-31-46(32-30-45)47-33-35-53(36-34-47)62(55-40-51(43-17-6-2-7-18-43)38-52(41-55)44-19-8-3-9-20-44)54-24-13-22-49(39-54)48-21-12-23-50(37-48)56-26-14-28-59-60(56)57-25-10-11-27-58(57)61-59/h1-31,33-41,46,61H,32H2. The zero-order valence-corrected chi connectivity index (χ0v) is 34.3. The van der Waals surface area contributed by atoms with Gasteiger partial charge in [-0.15, -0.1) is 0 Å². The minimum absolute atomic E-state index is 0.321. The van der Waals surface area contributed by atoms with Crippen LogP contribution in [0.5, 0.6) is 0 Å². The summed E-state index contributed by atoms with van der Waals surface area (Å²) < 4.78 is 0. The second-order valence-corrected chi connectivity index (χ2v) is 16.2. The van der Waals surface area contributed by atoms with Gasteiger partial charge in [0.2, 0.25) is 0 Å². The normalized spacial score (nSPS) is 13.6. The number of nitrogens with zero attached hydrogens (tertiary/aromatic N) is 1. The minimum Gasteiger partial charge on any atom is -0.354 e. The topological polar surface area (TPSA) is 19.0 Å². The monoisotopic (exact) mass is 792 g/mol. The summed E-state index contributed by atoms with van der Waals surface area (Å²) in [6.07, 6.45) is 7.99. The number of allylic oxidation sites excluding steroid dienone is 4. The number of benzene rings is 9. The first kappa shape index (κ1) is 37.1. The number of anilines is 3. The number of hydrogen-bond donors (Lipinski definition) is 1. The Bertz CT molecular complexity index is 3190. The molecule has 0 radical (unpaired) electrons. The molecule has 1 unspecified atom stereocenters. The molecule has 10 aromatic rings. The summed E-state index contributed by atoms with van der Waals surface area (Å²) in [6.45, 7) is 0. The second kappa shape index (κ2) is 16.3. The van der Waals surface area contributed by atoms with E-state index in [1.165, 1.54) is 66.4 Å². The maximum absolute atomic E-state index is 3.63. The predicted octanol–water partition coefficient (Wildman–Crippen LogP) is 16.6. The molecule has 2 nitrogen and oxygen atoms in total. The van der Waals surface area contributed by atoms with Crippen LogP contribution in [0.2, 0.25) is 0 Å². The van der Waals surface area contributed by atoms with E-state index in [1.54, 1.807) is 0 Å². The maximum atomic E-state index is 3.63. The molecule has 1 atom stereocenters. The van der Waals surface area contributed by atoms with E-state index >= 15 is 0 Å². The number of nitrogens with one attached hydrogen (secondary N) is 1. The summed E-state index contributed by atoms with van der Waals surface area (Å²) in [5.41, 5.74) is 18.9. The van der Waals surface area contributed by atoms with Crippen LogP contribution in [0.3, 0.4) is 0 Å². The summed E-state index contributed by atoms with van der Waals surface area (Å²) in [5, 5.41) is 2.50. The molecule has 294 valence electrons. The molecule has 2 heteroatoms. The van der Waals surface area contributed by atoms with Crippen molar-refractivity contribution in [2.24, 2.45) is 0 Å². The highest BCUT2D eigenvalue weighted by Gasteiger charge is 2.19. The molecule has 0 fully saturated rings. The van der Waals surface area contributed by atoms with Gasteiger partial charge in [0, 0.05) is 44.8 Å². The molecule has 1 N–H and O–H groups in total. The molecule has 9 aromatic carbocycles. The lowest BCUT2D eigenvalue weighted by Crippen LogP contribution is -2.11. The van der Waals surface area contributed by atoms with E-state index in [9.17, 15) is 0 Å². The molecule has 11 rings (SSSR count). The zero-order chi connectivity index (χ0) is 41.2. The van der Waals surface area contributed by atoms with Gasteiger partial charge >= 0.3 is 0 Å². The molecule has 1 aliphatic carbocycles. The van der Waals surface area contributed by atoms with Crippen molar-refractivity contribution in [3.8, 4) is 44.5 Å². The van der Waals surface area contributed by atoms with E-state index in [4.69, 9.17) is 0 Å². The highest BCUT2D eigenvalue weighted by atomic mass is 15.1. The SMILES string of the molecule is C1=CC(c2ccc(N(c3cccc(-c4cccc(-c5cccc6[nH]c7ccccc7c56)c4)c3)c3cc(-c4ccccc4)cc(-c4ccccc4)c3)cc2)CC=C1c1ccccc1. The Morgan fingerprint density at radius 3 is 1.63 bits per heavy atom. The van der Waals surface area contributed by atoms with E-state index in [2.05, 4.69) is 253 Å². The summed E-state index contributed by atoms with van der Waals surface area (Å²) in [6, 6.07) is 81.5. The van der Waals surface area contributed by atoms with Gasteiger partial charge in [-0.05, 0) is 128 Å². The van der Waals surface area contributed by atoms with Gasteiger partial charge in [0.15, 0.2) is 0 Å². The molecule has 1 aromatic heterocycles. The van der Waals surface area contributed by atoms with Crippen molar-refractivity contribution in [2.45, 2.75) is 12.3 Å². The number of aromatic amines is 1. The first-order valence-corrected chi connectivity index (χ1v) is 21.5. The van der Waals surface area contributed by atoms with Crippen molar-refractivity contribution in [3.05, 3.63) is 254 Å². The van der Waals surface area contributed by atoms with Crippen molar-refractivity contribution in [1.29, 1.82) is 0 Å². The van der Waals surface area contributed by atoms with Gasteiger partial charge in [0.05, 0.1) is 0 Å². The molecule has 0 saturated carbocycles. The molecule has 0 bridgehead atoms. The second-order valence-electron chi connectivity index (χ2n) is 16.2. The van der Waals surface area contributed by atoms with Gasteiger partial charge in [-0.3, -0.25) is 0 Å². The maximum Gasteiger partial charge on any atom is 0.0473 e. The third kappa shape index (κ3) is 7.23. The van der Waals surface area contributed by atoms with Gasteiger partial charge < -0.3 is 9.88 Å². The van der Waals surface area contributed by atoms with Crippen molar-refractivity contribution >= 4 is 44.4 Å². The molecule has 0 saturated heterocycles. The molecular formula is C60H44N2. The lowest BCUT2D eigenvalue weighted by atomic mass is 9.88. The predicted molar refractivity (Wildman–Crippen MR) is 263 cm³/mol. The highest BCUT2D eigenvalue weighted by molar-refractivity contribution is 6.14. The quantitative estimate of drug-likeness (QED) is 0.154. The Morgan fingerprint density at radius 1 is 0.387 bits per heavy atom. The van der Waals surface area contributed by atoms with Gasteiger partial charge in [-0.25, -0.2) is 0 Å². The zero-order valence-electron chi connectivity index (χ0n) is 34.3. The van der Waals surface area contributed by atoms with Crippen LogP contribution in [0.15, 0.2) is 243 Å². The largest absolute Gasteiger partial charge is 0.354 e. The van der Waals surface area contributed by atoms with Crippen LogP contribution in [0, 0.1) is 0 Å². The van der Waals surface area contributed by atoms with Gasteiger partial charge in [-0.1, -0.05) is 182 Å². The number of rotatable bonds is 9. The molecular weight excluding hydrogens is 749 g/mol. The molecule has 0 spiro atoms. The Balaban J connectivity index is 1.01. The number of H-pyrrole nitrogens is 1. The number of hydrogen-bond acceptors (Lipinski definition) is 1. The summed E-state index contributed by atoms with van der Waals surface area (Å²) in [4.78, 5) is 6.06. The summed E-state index contributed by atoms with van der Waals surface area (Å²) >= 11 is 0. The van der Waals surface area contributed by atoms with Gasteiger partial charge in [0.1, 0.15) is 0 Å². The van der Waals surface area contributed by atoms with E-state index in [0.717, 1.165) is 40.1 Å². The fourth-order valence-corrected chi connectivity index (χ4v) is 9.20. The minimum atomic E-state index is 0.321. The summed E-state index contributed by atoms with van der Waals surface area (Å²) in [7, 11) is 0. The fourth-order valence-electron chi connectivity index (χ4n) is 9.20. The third-order valence-electron chi connectivity index (χ3n) is 12.3. The van der Waals surface area contributed by atoms with Crippen molar-refractivity contribution in [2.75, 3.05) is 4.90 Å². The van der Waals surface area contributed by atoms with Crippen molar-refractivity contribution < 1.29 is 0 Å². The number of aromatic nitrogens is 1. The van der Waals surface area contributed by atoms with Gasteiger partial charge in [-0.2, -0.15) is 0 Å². The Morgan fingerprint density at radius 2 is 0.935 bits per heavy atom. The van der Waals surface area contributed by atoms with Crippen LogP contribution in [-0.2, 0) is 0 Å². The van der Waals surface area contributed by atoms with E-state index in [-0.39, 0.29) is 0 Å². The highest BCUT2D eigenvalue weighted by Crippen LogP contribution is 2.43. The Hall–Kier alpha value is -7.94. The van der Waals surface area contributed by atoms with E-state index in [1.807, 2.05) is 0 Å². The van der Waals surface area contributed by atoms with Crippen LogP contribution >= 0.6 is 0 Å². The van der Waals surface area contributed by atoms with Crippen LogP contribution in [0.1, 0.15) is 23.5 Å². The molecule has 0 amide bonds. The number of para-hydroxylation sites is 1. The first-order valence-electron chi connectivity index (χ1n) is 21.5. The molecule has 0 aliphatic heterocycles. The molecule has 1 heterocycles. The fraction of sp³-hybridized carbons (Fsp3) is 0.0333. The molecule has 1 aliphatic rings. The van der Waals surface area contributed by atoms with Crippen molar-refractivity contribution in [1.82, 2.24) is 4.98 Å². The Labute approximate surface area is 363 Å². The number of fused-ring (bicyclic) bond motifs is 3. The lowest BCUT2D eigenvalue weighted by molar-refractivity contribution is 0.856. The van der Waals surface area contributed by atoms with E-state index in [0.29, 0.717) is 5.92 Å². The first-order chi connectivity index (χ1) is 30.7. The Kier molecular flexibility index (Phi) is 9.72. The van der Waals surface area contributed by atoms with Crippen LogP contribution in [-0.4, -0.2) is 4.98 Å². The van der Waals surface area contributed by atoms with E-state index < -0.39 is 0 Å². The van der Waals surface area contributed by atoms with Crippen LogP contribution in [0.25, 0.3) is 71.9 Å². The lowest BCUT2D eigenvalue weighted by Gasteiger charge is -2.28. The molecule has 62 heavy (non-hydrogen) atoms. The van der Waals surface area contributed by atoms with Crippen LogP contribution in [0.4, 0.5) is 17.1 Å². The van der Waals surface area contributed by atoms with Crippen LogP contribution < -0.4 is 4.90 Å². The average Bonchev–Trinajstić information content (AvgIpc) is 3.74.